The fourth-order valence-corrected chi connectivity index (χ4v) is 3.82. The lowest BCUT2D eigenvalue weighted by atomic mass is 9.90. The molecule has 0 fully saturated rings. The second-order valence-electron chi connectivity index (χ2n) is 6.49. The molecule has 2 heterocycles. The van der Waals surface area contributed by atoms with E-state index < -0.39 is 0 Å². The van der Waals surface area contributed by atoms with E-state index in [9.17, 15) is 0 Å². The third kappa shape index (κ3) is 2.30. The van der Waals surface area contributed by atoms with E-state index in [1.807, 2.05) is 0 Å². The summed E-state index contributed by atoms with van der Waals surface area (Å²) in [6.07, 6.45) is 4.80. The molecule has 0 unspecified atom stereocenters. The predicted molar refractivity (Wildman–Crippen MR) is 85.6 cm³/mol. The Morgan fingerprint density at radius 2 is 1.19 bits per heavy atom. The first-order valence-corrected chi connectivity index (χ1v) is 8.09. The fourth-order valence-electron chi connectivity index (χ4n) is 3.82. The lowest BCUT2D eigenvalue weighted by molar-refractivity contribution is 0.00553. The van der Waals surface area contributed by atoms with Crippen molar-refractivity contribution in [2.24, 2.45) is 0 Å². The summed E-state index contributed by atoms with van der Waals surface area (Å²) in [7, 11) is 0. The van der Waals surface area contributed by atoms with E-state index in [-0.39, 0.29) is 12.2 Å². The quantitative estimate of drug-likeness (QED) is 0.677. The zero-order valence-corrected chi connectivity index (χ0v) is 12.9. The summed E-state index contributed by atoms with van der Waals surface area (Å²) < 4.78 is 6.36. The Bertz CT molecular complexity index is 627. The Labute approximate surface area is 127 Å². The number of aryl methyl sites for hydroxylation is 4. The van der Waals surface area contributed by atoms with Gasteiger partial charge in [-0.05, 0) is 72.9 Å². The number of hydrogen-bond donors (Lipinski definition) is 0. The van der Waals surface area contributed by atoms with E-state index in [1.165, 1.54) is 33.4 Å². The summed E-state index contributed by atoms with van der Waals surface area (Å²) in [6.45, 7) is 4.40. The molecular weight excluding hydrogens is 256 g/mol. The lowest BCUT2D eigenvalue weighted by Gasteiger charge is -2.21. The van der Waals surface area contributed by atoms with Crippen LogP contribution in [0.25, 0.3) is 0 Å². The Kier molecular flexibility index (Phi) is 3.11. The average molecular weight is 278 g/mol. The molecule has 108 valence electrons. The molecule has 0 aromatic heterocycles. The Morgan fingerprint density at radius 1 is 0.714 bits per heavy atom. The molecule has 2 aliphatic rings. The first kappa shape index (κ1) is 13.1. The molecular formula is C20H22O. The third-order valence-electron chi connectivity index (χ3n) is 5.07. The van der Waals surface area contributed by atoms with Crippen LogP contribution >= 0.6 is 0 Å². The van der Waals surface area contributed by atoms with Crippen LogP contribution in [-0.4, -0.2) is 0 Å². The van der Waals surface area contributed by atoms with Crippen LogP contribution in [0.3, 0.4) is 0 Å². The zero-order valence-electron chi connectivity index (χ0n) is 12.9. The van der Waals surface area contributed by atoms with Crippen LogP contribution in [0.5, 0.6) is 0 Å². The van der Waals surface area contributed by atoms with Crippen LogP contribution in [0.2, 0.25) is 0 Å². The largest absolute Gasteiger partial charge is 0.366 e. The van der Waals surface area contributed by atoms with Crippen molar-refractivity contribution in [1.29, 1.82) is 0 Å². The van der Waals surface area contributed by atoms with Crippen molar-refractivity contribution in [2.45, 2.75) is 51.7 Å². The van der Waals surface area contributed by atoms with Crippen LogP contribution in [0.1, 0.15) is 59.4 Å². The van der Waals surface area contributed by atoms with Crippen molar-refractivity contribution in [2.75, 3.05) is 0 Å². The summed E-state index contributed by atoms with van der Waals surface area (Å²) in [5.74, 6) is 0. The summed E-state index contributed by atoms with van der Waals surface area (Å²) in [5, 5.41) is 0. The van der Waals surface area contributed by atoms with E-state index in [0.29, 0.717) is 0 Å². The van der Waals surface area contributed by atoms with Crippen LogP contribution < -0.4 is 0 Å². The number of rotatable bonds is 0. The van der Waals surface area contributed by atoms with Crippen molar-refractivity contribution in [3.05, 3.63) is 69.8 Å². The van der Waals surface area contributed by atoms with Crippen molar-refractivity contribution in [1.82, 2.24) is 0 Å². The van der Waals surface area contributed by atoms with Gasteiger partial charge < -0.3 is 4.74 Å². The Hall–Kier alpha value is -1.60. The van der Waals surface area contributed by atoms with Crippen molar-refractivity contribution < 1.29 is 4.74 Å². The number of fused-ring (bicyclic) bond motifs is 4. The van der Waals surface area contributed by atoms with Gasteiger partial charge in [-0.1, -0.05) is 36.4 Å². The number of ether oxygens (including phenoxy) is 1. The highest BCUT2D eigenvalue weighted by Gasteiger charge is 2.22. The first-order valence-electron chi connectivity index (χ1n) is 8.09. The molecule has 0 radical (unpaired) electrons. The molecule has 4 rings (SSSR count). The smallest absolute Gasteiger partial charge is 0.0807 e. The molecule has 2 aliphatic heterocycles. The van der Waals surface area contributed by atoms with Gasteiger partial charge in [0.05, 0.1) is 12.2 Å². The maximum absolute atomic E-state index is 6.36. The molecule has 2 atom stereocenters. The van der Waals surface area contributed by atoms with Crippen molar-refractivity contribution in [3.63, 3.8) is 0 Å². The van der Waals surface area contributed by atoms with Gasteiger partial charge in [0.1, 0.15) is 0 Å². The predicted octanol–water partition coefficient (Wildman–Crippen LogP) is 4.72. The number of benzene rings is 2. The molecule has 0 spiro atoms. The molecule has 0 amide bonds. The van der Waals surface area contributed by atoms with Gasteiger partial charge in [-0.15, -0.1) is 0 Å². The van der Waals surface area contributed by atoms with E-state index in [1.54, 1.807) is 0 Å². The van der Waals surface area contributed by atoms with Gasteiger partial charge in [-0.2, -0.15) is 0 Å². The lowest BCUT2D eigenvalue weighted by Crippen LogP contribution is -2.07. The van der Waals surface area contributed by atoms with E-state index >= 15 is 0 Å². The minimum absolute atomic E-state index is 0.169. The van der Waals surface area contributed by atoms with Gasteiger partial charge in [0.15, 0.2) is 0 Å². The van der Waals surface area contributed by atoms with Crippen LogP contribution in [-0.2, 0) is 30.4 Å². The normalized spacial score (nSPS) is 23.7. The summed E-state index contributed by atoms with van der Waals surface area (Å²) in [6, 6.07) is 14.0. The highest BCUT2D eigenvalue weighted by atomic mass is 16.5. The minimum atomic E-state index is 0.169. The highest BCUT2D eigenvalue weighted by molar-refractivity contribution is 5.40. The number of hydrogen-bond acceptors (Lipinski definition) is 1. The van der Waals surface area contributed by atoms with Gasteiger partial charge in [-0.25, -0.2) is 0 Å². The van der Waals surface area contributed by atoms with Crippen molar-refractivity contribution in [3.8, 4) is 0 Å². The molecule has 21 heavy (non-hydrogen) atoms. The van der Waals surface area contributed by atoms with Gasteiger partial charge in [0.25, 0.3) is 0 Å². The average Bonchev–Trinajstić information content (AvgIpc) is 2.52. The molecule has 0 saturated heterocycles. The second kappa shape index (κ2) is 4.99. The summed E-state index contributed by atoms with van der Waals surface area (Å²) >= 11 is 0. The molecule has 2 aromatic rings. The van der Waals surface area contributed by atoms with E-state index in [4.69, 9.17) is 4.74 Å². The second-order valence-corrected chi connectivity index (χ2v) is 6.49. The monoisotopic (exact) mass is 278 g/mol. The van der Waals surface area contributed by atoms with E-state index in [0.717, 1.165) is 25.7 Å². The minimum Gasteiger partial charge on any atom is -0.366 e. The molecule has 0 N–H and O–H groups in total. The first-order chi connectivity index (χ1) is 10.2. The van der Waals surface area contributed by atoms with Crippen LogP contribution in [0, 0.1) is 0 Å². The SMILES string of the molecule is C[C@@H]1O[C@H](C)c2cc3ccc2CCc2ccc(cc21)CC3. The standard InChI is InChI=1S/C20H22O/c1-13-19-11-15-3-4-16-6-8-18(10-9-17(19)7-5-15)20(12-16)14(2)21-13/h5-8,11-14H,3-4,9-10H2,1-2H3/t13-,14+. The van der Waals surface area contributed by atoms with Gasteiger partial charge in [-0.3, -0.25) is 0 Å². The summed E-state index contributed by atoms with van der Waals surface area (Å²) in [4.78, 5) is 0. The highest BCUT2D eigenvalue weighted by Crippen LogP contribution is 2.35. The Morgan fingerprint density at radius 3 is 1.67 bits per heavy atom. The van der Waals surface area contributed by atoms with Gasteiger partial charge >= 0.3 is 0 Å². The maximum Gasteiger partial charge on any atom is 0.0807 e. The van der Waals surface area contributed by atoms with Crippen LogP contribution in [0.15, 0.2) is 36.4 Å². The molecule has 1 nitrogen and oxygen atoms in total. The molecule has 2 aromatic carbocycles. The summed E-state index contributed by atoms with van der Waals surface area (Å²) in [5.41, 5.74) is 8.57. The molecule has 4 bridgehead atoms. The van der Waals surface area contributed by atoms with Gasteiger partial charge in [0, 0.05) is 0 Å². The zero-order chi connectivity index (χ0) is 14.4. The van der Waals surface area contributed by atoms with Crippen LogP contribution in [0.4, 0.5) is 0 Å². The topological polar surface area (TPSA) is 9.23 Å². The Balaban J connectivity index is 1.96. The third-order valence-corrected chi connectivity index (χ3v) is 5.07. The fraction of sp³-hybridized carbons (Fsp3) is 0.400. The maximum atomic E-state index is 6.36. The van der Waals surface area contributed by atoms with E-state index in [2.05, 4.69) is 50.2 Å². The molecule has 1 heteroatoms. The van der Waals surface area contributed by atoms with Crippen molar-refractivity contribution >= 4 is 0 Å². The molecule has 0 saturated carbocycles. The van der Waals surface area contributed by atoms with Gasteiger partial charge in [0.2, 0.25) is 0 Å². The molecule has 0 aliphatic carbocycles.